The van der Waals surface area contributed by atoms with Crippen molar-refractivity contribution in [3.05, 3.63) is 34.6 Å². The lowest BCUT2D eigenvalue weighted by atomic mass is 10.1. The van der Waals surface area contributed by atoms with Crippen LogP contribution in [-0.2, 0) is 11.2 Å². The Labute approximate surface area is 125 Å². The van der Waals surface area contributed by atoms with Gasteiger partial charge in [0.15, 0.2) is 0 Å². The topological polar surface area (TPSA) is 29.1 Å². The van der Waals surface area contributed by atoms with Gasteiger partial charge in [-0.15, -0.1) is 0 Å². The third-order valence-corrected chi connectivity index (χ3v) is 3.65. The molecule has 0 heterocycles. The predicted molar refractivity (Wildman–Crippen MR) is 80.9 cm³/mol. The highest BCUT2D eigenvalue weighted by Gasteiger charge is 2.11. The molecule has 5 heteroatoms. The first kappa shape index (κ1) is 15.7. The number of benzene rings is 1. The zero-order valence-corrected chi connectivity index (χ0v) is 12.9. The lowest BCUT2D eigenvalue weighted by molar-refractivity contribution is -0.120. The Morgan fingerprint density at radius 1 is 1.33 bits per heavy atom. The van der Waals surface area contributed by atoms with Crippen molar-refractivity contribution in [2.24, 2.45) is 0 Å². The number of halogens is 3. The minimum absolute atomic E-state index is 0.00219. The first-order valence-electron chi connectivity index (χ1n) is 5.90. The third kappa shape index (κ3) is 5.52. The SMILES string of the molecule is O=C(Cc1c(F)cccc1Cl)NCCCCCI. The second-order valence-electron chi connectivity index (χ2n) is 3.98. The summed E-state index contributed by atoms with van der Waals surface area (Å²) in [5.41, 5.74) is 0.268. The molecule has 18 heavy (non-hydrogen) atoms. The van der Waals surface area contributed by atoms with E-state index in [4.69, 9.17) is 11.6 Å². The van der Waals surface area contributed by atoms with Crippen molar-refractivity contribution >= 4 is 40.1 Å². The molecule has 0 atom stereocenters. The van der Waals surface area contributed by atoms with Gasteiger partial charge in [-0.2, -0.15) is 0 Å². The summed E-state index contributed by atoms with van der Waals surface area (Å²) in [5, 5.41) is 3.08. The molecule has 0 unspecified atom stereocenters. The van der Waals surface area contributed by atoms with Crippen molar-refractivity contribution in [1.82, 2.24) is 5.32 Å². The molecule has 0 aliphatic rings. The van der Waals surface area contributed by atoms with Crippen LogP contribution < -0.4 is 5.32 Å². The van der Waals surface area contributed by atoms with Crippen LogP contribution in [0.2, 0.25) is 5.02 Å². The second kappa shape index (κ2) is 8.69. The molecule has 1 aromatic carbocycles. The Bertz CT molecular complexity index is 380. The normalized spacial score (nSPS) is 10.4. The Kier molecular flexibility index (Phi) is 7.58. The van der Waals surface area contributed by atoms with Crippen molar-refractivity contribution in [3.8, 4) is 0 Å². The zero-order chi connectivity index (χ0) is 13.4. The number of alkyl halides is 1. The summed E-state index contributed by atoms with van der Waals surface area (Å²) < 4.78 is 14.6. The molecule has 0 radical (unpaired) electrons. The zero-order valence-electron chi connectivity index (χ0n) is 10.0. The van der Waals surface area contributed by atoms with Gasteiger partial charge in [-0.05, 0) is 29.4 Å². The molecule has 0 saturated carbocycles. The van der Waals surface area contributed by atoms with Crippen LogP contribution >= 0.6 is 34.2 Å². The van der Waals surface area contributed by atoms with Crippen LogP contribution in [0.4, 0.5) is 4.39 Å². The van der Waals surface area contributed by atoms with E-state index < -0.39 is 5.82 Å². The fraction of sp³-hybridized carbons (Fsp3) is 0.462. The van der Waals surface area contributed by atoms with Crippen molar-refractivity contribution in [2.75, 3.05) is 11.0 Å². The van der Waals surface area contributed by atoms with Crippen LogP contribution in [0, 0.1) is 5.82 Å². The van der Waals surface area contributed by atoms with Gasteiger partial charge in [0.2, 0.25) is 5.91 Å². The first-order chi connectivity index (χ1) is 8.65. The Hall–Kier alpha value is -0.360. The molecule has 0 fully saturated rings. The molecule has 0 aromatic heterocycles. The summed E-state index contributed by atoms with van der Waals surface area (Å²) in [6.07, 6.45) is 3.22. The van der Waals surface area contributed by atoms with Crippen LogP contribution in [0.3, 0.4) is 0 Å². The molecule has 100 valence electrons. The van der Waals surface area contributed by atoms with Crippen LogP contribution in [0.5, 0.6) is 0 Å². The second-order valence-corrected chi connectivity index (χ2v) is 5.46. The lowest BCUT2D eigenvalue weighted by Crippen LogP contribution is -2.26. The molecule has 1 amide bonds. The molecule has 1 rings (SSSR count). The van der Waals surface area contributed by atoms with Gasteiger partial charge < -0.3 is 5.32 Å². The largest absolute Gasteiger partial charge is 0.356 e. The molecule has 0 spiro atoms. The minimum Gasteiger partial charge on any atom is -0.356 e. The van der Waals surface area contributed by atoms with Gasteiger partial charge in [0.05, 0.1) is 6.42 Å². The number of amides is 1. The number of unbranched alkanes of at least 4 members (excludes halogenated alkanes) is 2. The van der Waals surface area contributed by atoms with E-state index in [1.54, 1.807) is 6.07 Å². The third-order valence-electron chi connectivity index (χ3n) is 2.53. The van der Waals surface area contributed by atoms with Crippen LogP contribution in [-0.4, -0.2) is 16.9 Å². The first-order valence-corrected chi connectivity index (χ1v) is 7.81. The van der Waals surface area contributed by atoms with Crippen molar-refractivity contribution in [3.63, 3.8) is 0 Å². The summed E-state index contributed by atoms with van der Waals surface area (Å²) in [6, 6.07) is 4.44. The Morgan fingerprint density at radius 3 is 2.78 bits per heavy atom. The highest BCUT2D eigenvalue weighted by atomic mass is 127. The molecule has 2 nitrogen and oxygen atoms in total. The highest BCUT2D eigenvalue weighted by molar-refractivity contribution is 14.1. The number of nitrogens with one attached hydrogen (secondary N) is 1. The van der Waals surface area contributed by atoms with Gasteiger partial charge in [0, 0.05) is 17.1 Å². The van der Waals surface area contributed by atoms with E-state index in [1.165, 1.54) is 12.1 Å². The molecule has 0 aliphatic carbocycles. The van der Waals surface area contributed by atoms with Gasteiger partial charge in [-0.25, -0.2) is 4.39 Å². The quantitative estimate of drug-likeness (QED) is 0.434. The summed E-state index contributed by atoms with van der Waals surface area (Å²) in [4.78, 5) is 11.6. The number of carbonyl (C=O) groups is 1. The van der Waals surface area contributed by atoms with E-state index >= 15 is 0 Å². The highest BCUT2D eigenvalue weighted by Crippen LogP contribution is 2.19. The molecule has 0 bridgehead atoms. The minimum atomic E-state index is -0.428. The number of hydrogen-bond donors (Lipinski definition) is 1. The monoisotopic (exact) mass is 383 g/mol. The van der Waals surface area contributed by atoms with E-state index in [0.717, 1.165) is 23.7 Å². The summed E-state index contributed by atoms with van der Waals surface area (Å²) in [7, 11) is 0. The maximum Gasteiger partial charge on any atom is 0.224 e. The predicted octanol–water partition coefficient (Wildman–Crippen LogP) is 3.74. The maximum atomic E-state index is 13.4. The summed E-state index contributed by atoms with van der Waals surface area (Å²) in [6.45, 7) is 0.640. The van der Waals surface area contributed by atoms with E-state index in [2.05, 4.69) is 27.9 Å². The lowest BCUT2D eigenvalue weighted by Gasteiger charge is -2.07. The molecule has 0 saturated heterocycles. The fourth-order valence-electron chi connectivity index (χ4n) is 1.55. The van der Waals surface area contributed by atoms with Gasteiger partial charge >= 0.3 is 0 Å². The van der Waals surface area contributed by atoms with E-state index in [1.807, 2.05) is 0 Å². The summed E-state index contributed by atoms with van der Waals surface area (Å²) in [5.74, 6) is -0.612. The molecule has 1 aromatic rings. The number of hydrogen-bond acceptors (Lipinski definition) is 1. The fourth-order valence-corrected chi connectivity index (χ4v) is 2.32. The average molecular weight is 384 g/mol. The molecule has 0 aliphatic heterocycles. The van der Waals surface area contributed by atoms with Crippen molar-refractivity contribution in [2.45, 2.75) is 25.7 Å². The Balaban J connectivity index is 2.36. The smallest absolute Gasteiger partial charge is 0.224 e. The number of rotatable bonds is 7. The van der Waals surface area contributed by atoms with Gasteiger partial charge in [-0.3, -0.25) is 4.79 Å². The standard InChI is InChI=1S/C13H16ClFINO/c14-11-5-4-6-12(15)10(11)9-13(18)17-8-3-1-2-7-16/h4-6H,1-3,7-9H2,(H,17,18). The van der Waals surface area contributed by atoms with Gasteiger partial charge in [0.1, 0.15) is 5.82 Å². The summed E-state index contributed by atoms with van der Waals surface area (Å²) >= 11 is 8.19. The average Bonchev–Trinajstić information content (AvgIpc) is 2.34. The van der Waals surface area contributed by atoms with Crippen LogP contribution in [0.25, 0.3) is 0 Å². The van der Waals surface area contributed by atoms with Crippen molar-refractivity contribution < 1.29 is 9.18 Å². The van der Waals surface area contributed by atoms with Gasteiger partial charge in [-0.1, -0.05) is 46.7 Å². The Morgan fingerprint density at radius 2 is 2.11 bits per heavy atom. The van der Waals surface area contributed by atoms with E-state index in [-0.39, 0.29) is 17.9 Å². The van der Waals surface area contributed by atoms with Crippen LogP contribution in [0.1, 0.15) is 24.8 Å². The van der Waals surface area contributed by atoms with Gasteiger partial charge in [0.25, 0.3) is 0 Å². The molecular formula is C13H16ClFINO. The van der Waals surface area contributed by atoms with Crippen molar-refractivity contribution in [1.29, 1.82) is 0 Å². The van der Waals surface area contributed by atoms with E-state index in [9.17, 15) is 9.18 Å². The molecular weight excluding hydrogens is 368 g/mol. The van der Waals surface area contributed by atoms with E-state index in [0.29, 0.717) is 11.6 Å². The number of carbonyl (C=O) groups excluding carboxylic acids is 1. The molecule has 1 N–H and O–H groups in total. The maximum absolute atomic E-state index is 13.4. The van der Waals surface area contributed by atoms with Crippen LogP contribution in [0.15, 0.2) is 18.2 Å².